The number of aryl methyl sites for hydroxylation is 2. The van der Waals surface area contributed by atoms with Gasteiger partial charge in [-0.15, -0.1) is 11.3 Å². The molecule has 0 unspecified atom stereocenters. The minimum Gasteiger partial charge on any atom is -0.497 e. The van der Waals surface area contributed by atoms with Crippen LogP contribution in [0.4, 0.5) is 0 Å². The van der Waals surface area contributed by atoms with Gasteiger partial charge in [0.15, 0.2) is 0 Å². The molecular weight excluding hydrogens is 396 g/mol. The topological polar surface area (TPSA) is 69.0 Å². The van der Waals surface area contributed by atoms with Crippen molar-refractivity contribution in [2.24, 2.45) is 7.05 Å². The average molecular weight is 421 g/mol. The Labute approximate surface area is 179 Å². The molecule has 0 bridgehead atoms. The lowest BCUT2D eigenvalue weighted by molar-refractivity contribution is 0.0954. The Hall–Kier alpha value is -3.19. The molecule has 2 heterocycles. The van der Waals surface area contributed by atoms with E-state index in [4.69, 9.17) is 9.72 Å². The van der Waals surface area contributed by atoms with Crippen LogP contribution in [0, 0.1) is 13.8 Å². The maximum atomic E-state index is 12.6. The van der Waals surface area contributed by atoms with Gasteiger partial charge in [-0.1, -0.05) is 12.1 Å². The van der Waals surface area contributed by atoms with Crippen LogP contribution in [0.5, 0.6) is 5.75 Å². The Bertz CT molecular complexity index is 1210. The predicted molar refractivity (Wildman–Crippen MR) is 120 cm³/mol. The largest absolute Gasteiger partial charge is 0.497 e. The number of ether oxygens (including phenoxy) is 1. The number of fused-ring (bicyclic) bond motifs is 1. The molecule has 2 aromatic carbocycles. The summed E-state index contributed by atoms with van der Waals surface area (Å²) >= 11 is 1.59. The number of rotatable bonds is 6. The van der Waals surface area contributed by atoms with Gasteiger partial charge in [0.05, 0.1) is 28.6 Å². The first-order chi connectivity index (χ1) is 14.5. The molecule has 2 aromatic heterocycles. The maximum Gasteiger partial charge on any atom is 0.251 e. The summed E-state index contributed by atoms with van der Waals surface area (Å²) in [4.78, 5) is 17.4. The van der Waals surface area contributed by atoms with E-state index in [9.17, 15) is 4.79 Å². The first-order valence-corrected chi connectivity index (χ1v) is 10.6. The zero-order valence-electron chi connectivity index (χ0n) is 17.5. The molecule has 1 N–H and O–H groups in total. The molecule has 4 aromatic rings. The molecule has 7 heteroatoms. The monoisotopic (exact) mass is 420 g/mol. The molecule has 154 valence electrons. The van der Waals surface area contributed by atoms with Gasteiger partial charge < -0.3 is 10.1 Å². The fourth-order valence-corrected chi connectivity index (χ4v) is 4.62. The molecule has 0 aliphatic rings. The van der Waals surface area contributed by atoms with Crippen LogP contribution in [0.3, 0.4) is 0 Å². The molecule has 6 nitrogen and oxygen atoms in total. The number of carbonyl (C=O) groups excluding carboxylic acids is 1. The Balaban J connectivity index is 1.46. The third-order valence-corrected chi connectivity index (χ3v) is 6.27. The van der Waals surface area contributed by atoms with E-state index in [1.54, 1.807) is 18.4 Å². The quantitative estimate of drug-likeness (QED) is 0.505. The van der Waals surface area contributed by atoms with E-state index in [0.717, 1.165) is 49.9 Å². The van der Waals surface area contributed by atoms with Crippen molar-refractivity contribution in [3.63, 3.8) is 0 Å². The van der Waals surface area contributed by atoms with Crippen molar-refractivity contribution >= 4 is 27.5 Å². The highest BCUT2D eigenvalue weighted by Crippen LogP contribution is 2.34. The van der Waals surface area contributed by atoms with Gasteiger partial charge in [-0.2, -0.15) is 5.10 Å². The fourth-order valence-electron chi connectivity index (χ4n) is 3.47. The first-order valence-electron chi connectivity index (χ1n) is 9.78. The molecule has 0 saturated heterocycles. The van der Waals surface area contributed by atoms with Gasteiger partial charge in [0.1, 0.15) is 10.8 Å². The second-order valence-electron chi connectivity index (χ2n) is 7.22. The van der Waals surface area contributed by atoms with Crippen LogP contribution < -0.4 is 10.1 Å². The molecule has 0 aliphatic heterocycles. The van der Waals surface area contributed by atoms with Gasteiger partial charge in [-0.3, -0.25) is 9.48 Å². The van der Waals surface area contributed by atoms with E-state index in [0.29, 0.717) is 12.1 Å². The van der Waals surface area contributed by atoms with Gasteiger partial charge in [0.2, 0.25) is 0 Å². The number of methoxy groups -OCH3 is 1. The van der Waals surface area contributed by atoms with E-state index in [2.05, 4.69) is 10.4 Å². The zero-order chi connectivity index (χ0) is 21.3. The van der Waals surface area contributed by atoms with Crippen molar-refractivity contribution < 1.29 is 9.53 Å². The second kappa shape index (κ2) is 8.28. The van der Waals surface area contributed by atoms with Crippen LogP contribution in [-0.2, 0) is 13.5 Å². The van der Waals surface area contributed by atoms with Gasteiger partial charge in [0, 0.05) is 24.8 Å². The van der Waals surface area contributed by atoms with E-state index in [-0.39, 0.29) is 5.91 Å². The number of amides is 1. The number of thiazole rings is 1. The molecule has 0 atom stereocenters. The van der Waals surface area contributed by atoms with Crippen LogP contribution in [0.25, 0.3) is 20.8 Å². The molecule has 0 saturated carbocycles. The van der Waals surface area contributed by atoms with Crippen molar-refractivity contribution in [2.45, 2.75) is 20.3 Å². The molecule has 4 rings (SSSR count). The van der Waals surface area contributed by atoms with E-state index >= 15 is 0 Å². The summed E-state index contributed by atoms with van der Waals surface area (Å²) in [5.41, 5.74) is 5.82. The summed E-state index contributed by atoms with van der Waals surface area (Å²) in [5, 5.41) is 8.42. The SMILES string of the molecule is COc1ccc(CCNC(=O)c2ccc3nc(-c4c(C)nn(C)c4C)sc3c2)cc1. The van der Waals surface area contributed by atoms with Crippen molar-refractivity contribution in [1.29, 1.82) is 0 Å². The van der Waals surface area contributed by atoms with Crippen LogP contribution in [-0.4, -0.2) is 34.3 Å². The Kier molecular flexibility index (Phi) is 5.55. The van der Waals surface area contributed by atoms with Crippen LogP contribution in [0.2, 0.25) is 0 Å². The summed E-state index contributed by atoms with van der Waals surface area (Å²) in [6.45, 7) is 4.62. The van der Waals surface area contributed by atoms with Crippen LogP contribution in [0.15, 0.2) is 42.5 Å². The number of carbonyl (C=O) groups is 1. The molecule has 1 amide bonds. The van der Waals surface area contributed by atoms with Crippen molar-refractivity contribution in [3.05, 3.63) is 65.0 Å². The number of aromatic nitrogens is 3. The van der Waals surface area contributed by atoms with Gasteiger partial charge in [-0.05, 0) is 56.2 Å². The summed E-state index contributed by atoms with van der Waals surface area (Å²) in [5.74, 6) is 0.755. The number of nitrogens with zero attached hydrogens (tertiary/aromatic N) is 3. The number of benzene rings is 2. The number of hydrogen-bond donors (Lipinski definition) is 1. The lowest BCUT2D eigenvalue weighted by atomic mass is 10.1. The van der Waals surface area contributed by atoms with Crippen LogP contribution >= 0.6 is 11.3 Å². The predicted octanol–water partition coefficient (Wildman–Crippen LogP) is 4.29. The zero-order valence-corrected chi connectivity index (χ0v) is 18.3. The Morgan fingerprint density at radius 2 is 1.93 bits per heavy atom. The maximum absolute atomic E-state index is 12.6. The number of hydrogen-bond acceptors (Lipinski definition) is 5. The van der Waals surface area contributed by atoms with Crippen molar-refractivity contribution in [1.82, 2.24) is 20.1 Å². The minimum absolute atomic E-state index is 0.0749. The average Bonchev–Trinajstić information content (AvgIpc) is 3.27. The summed E-state index contributed by atoms with van der Waals surface area (Å²) in [6, 6.07) is 13.5. The smallest absolute Gasteiger partial charge is 0.251 e. The highest BCUT2D eigenvalue weighted by Gasteiger charge is 2.16. The standard InChI is InChI=1S/C23H24N4O2S/c1-14-21(15(2)27(3)26-14)23-25-19-10-7-17(13-20(19)30-23)22(28)24-12-11-16-5-8-18(29-4)9-6-16/h5-10,13H,11-12H2,1-4H3,(H,24,28). The second-order valence-corrected chi connectivity index (χ2v) is 8.26. The molecular formula is C23H24N4O2S. The van der Waals surface area contributed by atoms with Gasteiger partial charge in [0.25, 0.3) is 5.91 Å². The third-order valence-electron chi connectivity index (χ3n) is 5.23. The fraction of sp³-hybridized carbons (Fsp3) is 0.261. The summed E-state index contributed by atoms with van der Waals surface area (Å²) in [7, 11) is 3.59. The third kappa shape index (κ3) is 3.93. The first kappa shape index (κ1) is 20.1. The van der Waals surface area contributed by atoms with E-state index in [1.807, 2.05) is 68.0 Å². The molecule has 0 radical (unpaired) electrons. The normalized spacial score (nSPS) is 11.1. The van der Waals surface area contributed by atoms with E-state index in [1.165, 1.54) is 0 Å². The van der Waals surface area contributed by atoms with Crippen molar-refractivity contribution in [3.8, 4) is 16.3 Å². The van der Waals surface area contributed by atoms with Gasteiger partial charge in [-0.25, -0.2) is 4.98 Å². The molecule has 0 aliphatic carbocycles. The number of nitrogens with one attached hydrogen (secondary N) is 1. The Morgan fingerprint density at radius 1 is 1.17 bits per heavy atom. The molecule has 0 spiro atoms. The summed E-state index contributed by atoms with van der Waals surface area (Å²) < 4.78 is 8.04. The minimum atomic E-state index is -0.0749. The lowest BCUT2D eigenvalue weighted by Crippen LogP contribution is -2.25. The van der Waals surface area contributed by atoms with Crippen molar-refractivity contribution in [2.75, 3.05) is 13.7 Å². The lowest BCUT2D eigenvalue weighted by Gasteiger charge is -2.06. The highest BCUT2D eigenvalue weighted by molar-refractivity contribution is 7.21. The Morgan fingerprint density at radius 3 is 2.60 bits per heavy atom. The highest BCUT2D eigenvalue weighted by atomic mass is 32.1. The molecule has 30 heavy (non-hydrogen) atoms. The van der Waals surface area contributed by atoms with E-state index < -0.39 is 0 Å². The van der Waals surface area contributed by atoms with Crippen LogP contribution in [0.1, 0.15) is 27.3 Å². The molecule has 0 fully saturated rings. The van der Waals surface area contributed by atoms with Gasteiger partial charge >= 0.3 is 0 Å². The summed E-state index contributed by atoms with van der Waals surface area (Å²) in [6.07, 6.45) is 0.766.